The van der Waals surface area contributed by atoms with Crippen molar-refractivity contribution in [2.75, 3.05) is 20.2 Å². The molecule has 8 heteroatoms. The van der Waals surface area contributed by atoms with Crippen molar-refractivity contribution < 1.29 is 18.7 Å². The maximum atomic E-state index is 14.4. The van der Waals surface area contributed by atoms with Gasteiger partial charge in [-0.1, -0.05) is 18.2 Å². The predicted octanol–water partition coefficient (Wildman–Crippen LogP) is 3.54. The summed E-state index contributed by atoms with van der Waals surface area (Å²) in [6.07, 6.45) is 5.38. The Hall–Kier alpha value is -3.26. The Bertz CT molecular complexity index is 1190. The van der Waals surface area contributed by atoms with Gasteiger partial charge in [-0.3, -0.25) is 4.40 Å². The molecule has 0 aliphatic carbocycles. The summed E-state index contributed by atoms with van der Waals surface area (Å²) in [6.45, 7) is 1.87. The molecule has 1 aromatic carbocycles. The van der Waals surface area contributed by atoms with Crippen molar-refractivity contribution in [3.05, 3.63) is 70.4 Å². The van der Waals surface area contributed by atoms with Gasteiger partial charge in [0.2, 0.25) is 0 Å². The third kappa shape index (κ3) is 3.57. The van der Waals surface area contributed by atoms with Crippen molar-refractivity contribution >= 4 is 17.3 Å². The van der Waals surface area contributed by atoms with Crippen LogP contribution in [0.25, 0.3) is 11.2 Å². The average molecular weight is 422 g/mol. The van der Waals surface area contributed by atoms with Gasteiger partial charge in [0.25, 0.3) is 0 Å². The maximum Gasteiger partial charge on any atom is 0.409 e. The monoisotopic (exact) mass is 422 g/mol. The number of methoxy groups -OCH3 is 1. The molecule has 0 N–H and O–H groups in total. The molecule has 0 bridgehead atoms. The molecule has 4 heterocycles. The van der Waals surface area contributed by atoms with Gasteiger partial charge >= 0.3 is 6.09 Å². The molecule has 0 spiro atoms. The highest BCUT2D eigenvalue weighted by atomic mass is 19.1. The quantitative estimate of drug-likeness (QED) is 0.600. The zero-order valence-electron chi connectivity index (χ0n) is 17.3. The molecule has 3 aromatic rings. The fraction of sp³-hybridized carbons (Fsp3) is 0.348. The van der Waals surface area contributed by atoms with Crippen LogP contribution in [0.5, 0.6) is 0 Å². The van der Waals surface area contributed by atoms with Crippen molar-refractivity contribution in [1.82, 2.24) is 19.5 Å². The smallest absolute Gasteiger partial charge is 0.409 e. The molecule has 160 valence electrons. The number of rotatable bonds is 1. The van der Waals surface area contributed by atoms with E-state index in [0.29, 0.717) is 51.1 Å². The zero-order chi connectivity index (χ0) is 21.4. The number of aromatic nitrogens is 3. The molecular weight excluding hydrogens is 399 g/mol. The first-order valence-corrected chi connectivity index (χ1v) is 10.4. The van der Waals surface area contributed by atoms with Gasteiger partial charge < -0.3 is 14.4 Å². The van der Waals surface area contributed by atoms with Crippen LogP contribution in [0, 0.1) is 5.82 Å². The second-order valence-electron chi connectivity index (χ2n) is 7.82. The van der Waals surface area contributed by atoms with Crippen molar-refractivity contribution in [3.8, 4) is 0 Å². The number of hydrogen-bond donors (Lipinski definition) is 0. The highest BCUT2D eigenvalue weighted by Crippen LogP contribution is 2.30. The second-order valence-corrected chi connectivity index (χ2v) is 7.82. The van der Waals surface area contributed by atoms with E-state index in [1.807, 2.05) is 16.5 Å². The van der Waals surface area contributed by atoms with E-state index in [0.717, 1.165) is 33.6 Å². The summed E-state index contributed by atoms with van der Waals surface area (Å²) in [7, 11) is 1.39. The van der Waals surface area contributed by atoms with Gasteiger partial charge in [0, 0.05) is 24.3 Å². The lowest BCUT2D eigenvalue weighted by Crippen LogP contribution is -2.34. The molecule has 2 aromatic heterocycles. The minimum Gasteiger partial charge on any atom is -0.453 e. The molecule has 0 fully saturated rings. The third-order valence-corrected chi connectivity index (χ3v) is 6.10. The van der Waals surface area contributed by atoms with Crippen LogP contribution in [0.4, 0.5) is 9.18 Å². The minimum absolute atomic E-state index is 0.191. The number of aryl methyl sites for hydroxylation is 1. The number of carbonyl (C=O) groups is 1. The number of pyridine rings is 1. The third-order valence-electron chi connectivity index (χ3n) is 6.10. The van der Waals surface area contributed by atoms with E-state index in [-0.39, 0.29) is 11.9 Å². The highest BCUT2D eigenvalue weighted by Gasteiger charge is 2.23. The predicted molar refractivity (Wildman–Crippen MR) is 112 cm³/mol. The molecule has 1 amide bonds. The summed E-state index contributed by atoms with van der Waals surface area (Å²) in [5, 5.41) is 8.51. The van der Waals surface area contributed by atoms with Crippen LogP contribution >= 0.6 is 0 Å². The summed E-state index contributed by atoms with van der Waals surface area (Å²) in [5.74, 6) is -0.191. The lowest BCUT2D eigenvalue weighted by atomic mass is 9.96. The lowest BCUT2D eigenvalue weighted by Gasteiger charge is -2.26. The van der Waals surface area contributed by atoms with Gasteiger partial charge in [-0.15, -0.1) is 10.2 Å². The van der Waals surface area contributed by atoms with Crippen LogP contribution in [0.3, 0.4) is 0 Å². The number of carbonyl (C=O) groups excluding carboxylic acids is 1. The van der Waals surface area contributed by atoms with Crippen molar-refractivity contribution in [3.63, 3.8) is 0 Å². The molecule has 2 aliphatic rings. The van der Waals surface area contributed by atoms with E-state index in [1.165, 1.54) is 13.2 Å². The van der Waals surface area contributed by atoms with E-state index in [2.05, 4.69) is 16.3 Å². The molecule has 2 aliphatic heterocycles. The first-order valence-electron chi connectivity index (χ1n) is 10.4. The molecule has 5 rings (SSSR count). The Morgan fingerprint density at radius 3 is 2.87 bits per heavy atom. The standard InChI is InChI=1S/C23H23FN4O3/c1-30-23(29)27-9-7-15(8-10-27)19-11-17-13-31-12-16-3-2-4-20(24)18(16)5-6-21(17)28-14-25-26-22(19)28/h2-4,7,11,14H,5-6,8-10,12-13H2,1H3. The van der Waals surface area contributed by atoms with Crippen molar-refractivity contribution in [2.24, 2.45) is 0 Å². The normalized spacial score (nSPS) is 16.6. The van der Waals surface area contributed by atoms with Crippen LogP contribution < -0.4 is 0 Å². The van der Waals surface area contributed by atoms with Gasteiger partial charge in [0.15, 0.2) is 5.65 Å². The number of benzene rings is 1. The molecule has 7 nitrogen and oxygen atoms in total. The van der Waals surface area contributed by atoms with E-state index in [4.69, 9.17) is 9.47 Å². The zero-order valence-corrected chi connectivity index (χ0v) is 17.3. The number of hydrogen-bond acceptors (Lipinski definition) is 5. The van der Waals surface area contributed by atoms with Crippen LogP contribution in [0.15, 0.2) is 36.7 Å². The van der Waals surface area contributed by atoms with Crippen molar-refractivity contribution in [1.29, 1.82) is 0 Å². The topological polar surface area (TPSA) is 69.0 Å². The lowest BCUT2D eigenvalue weighted by molar-refractivity contribution is 0.106. The molecule has 0 atom stereocenters. The Labute approximate surface area is 179 Å². The van der Waals surface area contributed by atoms with Crippen LogP contribution in [0.2, 0.25) is 0 Å². The molecular formula is C23H23FN4O3. The van der Waals surface area contributed by atoms with E-state index >= 15 is 0 Å². The summed E-state index contributed by atoms with van der Waals surface area (Å²) in [4.78, 5) is 13.5. The van der Waals surface area contributed by atoms with E-state index in [9.17, 15) is 9.18 Å². The number of halogens is 1. The van der Waals surface area contributed by atoms with Crippen LogP contribution in [0.1, 0.15) is 34.4 Å². The molecule has 0 unspecified atom stereocenters. The first kappa shape index (κ1) is 19.7. The van der Waals surface area contributed by atoms with E-state index < -0.39 is 0 Å². The highest BCUT2D eigenvalue weighted by molar-refractivity contribution is 5.79. The summed E-state index contributed by atoms with van der Waals surface area (Å²) in [5.41, 5.74) is 6.57. The second kappa shape index (κ2) is 8.11. The number of amides is 1. The fourth-order valence-corrected chi connectivity index (χ4v) is 4.48. The molecule has 31 heavy (non-hydrogen) atoms. The summed E-state index contributed by atoms with van der Waals surface area (Å²) < 4.78 is 27.2. The minimum atomic E-state index is -0.322. The van der Waals surface area contributed by atoms with E-state index in [1.54, 1.807) is 17.3 Å². The van der Waals surface area contributed by atoms with Crippen LogP contribution in [-0.4, -0.2) is 45.8 Å². The van der Waals surface area contributed by atoms with Crippen LogP contribution in [-0.2, 0) is 35.5 Å². The Morgan fingerprint density at radius 1 is 1.19 bits per heavy atom. The summed E-state index contributed by atoms with van der Waals surface area (Å²) >= 11 is 0. The fourth-order valence-electron chi connectivity index (χ4n) is 4.48. The number of ether oxygens (including phenoxy) is 2. The molecule has 0 saturated heterocycles. The number of fused-ring (bicyclic) bond motifs is 4. The molecule has 0 radical (unpaired) electrons. The SMILES string of the molecule is COC(=O)N1CC=C(c2cc3c(n4cnnc24)CCc2c(F)cccc2COC3)CC1. The Balaban J connectivity index is 1.53. The van der Waals surface area contributed by atoms with Gasteiger partial charge in [0.1, 0.15) is 12.1 Å². The van der Waals surface area contributed by atoms with Gasteiger partial charge in [-0.25, -0.2) is 9.18 Å². The largest absolute Gasteiger partial charge is 0.453 e. The van der Waals surface area contributed by atoms with Gasteiger partial charge in [-0.2, -0.15) is 0 Å². The molecule has 0 saturated carbocycles. The van der Waals surface area contributed by atoms with Crippen molar-refractivity contribution in [2.45, 2.75) is 32.5 Å². The summed E-state index contributed by atoms with van der Waals surface area (Å²) in [6, 6.07) is 7.27. The average Bonchev–Trinajstić information content (AvgIpc) is 3.30. The first-order chi connectivity index (χ1) is 15.2. The van der Waals surface area contributed by atoms with Gasteiger partial charge in [0.05, 0.1) is 20.3 Å². The Morgan fingerprint density at radius 2 is 2.06 bits per heavy atom. The Kier molecular flexibility index (Phi) is 5.15. The number of nitrogens with zero attached hydrogens (tertiary/aromatic N) is 4. The maximum absolute atomic E-state index is 14.4. The van der Waals surface area contributed by atoms with Gasteiger partial charge in [-0.05, 0) is 53.7 Å².